The molecule has 2 aliphatic heterocycles. The molecule has 2 amide bonds. The first-order valence-electron chi connectivity index (χ1n) is 12.1. The predicted molar refractivity (Wildman–Crippen MR) is 136 cm³/mol. The Bertz CT molecular complexity index is 872. The first-order chi connectivity index (χ1) is 16.0. The zero-order chi connectivity index (χ0) is 23.2. The average molecular weight is 491 g/mol. The normalized spacial score (nSPS) is 25.8. The molecule has 4 rings (SSSR count). The van der Waals surface area contributed by atoms with Crippen molar-refractivity contribution in [2.75, 3.05) is 52.9 Å². The Balaban J connectivity index is 1.34. The number of carbonyl (C=O) groups is 2. The van der Waals surface area contributed by atoms with Crippen LogP contribution in [0.3, 0.4) is 0 Å². The molecular weight excluding hydrogens is 456 g/mol. The first-order valence-corrected chi connectivity index (χ1v) is 13.4. The molecule has 180 valence electrons. The second-order valence-electron chi connectivity index (χ2n) is 9.35. The summed E-state index contributed by atoms with van der Waals surface area (Å²) in [5, 5.41) is 4.06. The highest BCUT2D eigenvalue weighted by Gasteiger charge is 2.41. The van der Waals surface area contributed by atoms with Gasteiger partial charge >= 0.3 is 0 Å². The van der Waals surface area contributed by atoms with E-state index in [9.17, 15) is 9.59 Å². The van der Waals surface area contributed by atoms with Crippen LogP contribution in [0.25, 0.3) is 6.08 Å². The number of amides is 2. The van der Waals surface area contributed by atoms with Gasteiger partial charge in [-0.05, 0) is 56.6 Å². The van der Waals surface area contributed by atoms with E-state index in [1.54, 1.807) is 11.8 Å². The summed E-state index contributed by atoms with van der Waals surface area (Å²) in [6.45, 7) is 6.20. The smallest absolute Gasteiger partial charge is 0.261 e. The summed E-state index contributed by atoms with van der Waals surface area (Å²) in [6, 6.07) is 7.69. The van der Waals surface area contributed by atoms with E-state index in [1.165, 1.54) is 6.42 Å². The van der Waals surface area contributed by atoms with E-state index in [0.29, 0.717) is 21.7 Å². The highest BCUT2D eigenvalue weighted by Crippen LogP contribution is 2.42. The Morgan fingerprint density at radius 2 is 2.00 bits per heavy atom. The van der Waals surface area contributed by atoms with E-state index in [0.717, 1.165) is 64.0 Å². The average Bonchev–Trinajstić information content (AvgIpc) is 2.81. The molecule has 8 heteroatoms. The molecule has 0 spiro atoms. The van der Waals surface area contributed by atoms with Gasteiger partial charge in [-0.15, -0.1) is 11.8 Å². The first kappa shape index (κ1) is 24.6. The summed E-state index contributed by atoms with van der Waals surface area (Å²) >= 11 is 7.81. The summed E-state index contributed by atoms with van der Waals surface area (Å²) in [4.78, 5) is 33.5. The van der Waals surface area contributed by atoms with Crippen molar-refractivity contribution in [2.24, 2.45) is 0 Å². The second kappa shape index (κ2) is 11.7. The maximum absolute atomic E-state index is 13.4. The number of rotatable bonds is 7. The molecule has 2 heterocycles. The third-order valence-corrected chi connectivity index (χ3v) is 8.48. The molecule has 0 bridgehead atoms. The van der Waals surface area contributed by atoms with Crippen LogP contribution in [-0.2, 0) is 9.59 Å². The Hall–Kier alpha value is -1.54. The van der Waals surface area contributed by atoms with E-state index in [-0.39, 0.29) is 24.4 Å². The van der Waals surface area contributed by atoms with Crippen molar-refractivity contribution < 1.29 is 9.59 Å². The Kier molecular flexibility index (Phi) is 8.74. The number of likely N-dealkylation sites (N-methyl/N-ethyl adjacent to an activating group) is 1. The molecule has 33 heavy (non-hydrogen) atoms. The largest absolute Gasteiger partial charge is 0.355 e. The van der Waals surface area contributed by atoms with Gasteiger partial charge in [-0.2, -0.15) is 0 Å². The maximum atomic E-state index is 13.4. The van der Waals surface area contributed by atoms with Crippen LogP contribution in [0.4, 0.5) is 0 Å². The number of hydrogen-bond acceptors (Lipinski definition) is 5. The topological polar surface area (TPSA) is 55.9 Å². The number of halogens is 1. The van der Waals surface area contributed by atoms with E-state index in [1.807, 2.05) is 35.2 Å². The maximum Gasteiger partial charge on any atom is 0.261 e. The van der Waals surface area contributed by atoms with E-state index < -0.39 is 0 Å². The molecule has 6 nitrogen and oxygen atoms in total. The van der Waals surface area contributed by atoms with Gasteiger partial charge in [-0.3, -0.25) is 9.59 Å². The lowest BCUT2D eigenvalue weighted by molar-refractivity contribution is -0.135. The van der Waals surface area contributed by atoms with Crippen LogP contribution in [0, 0.1) is 0 Å². The molecule has 3 aliphatic rings. The van der Waals surface area contributed by atoms with Crippen LogP contribution >= 0.6 is 23.4 Å². The Labute approximate surface area is 206 Å². The van der Waals surface area contributed by atoms with Crippen LogP contribution in [-0.4, -0.2) is 90.7 Å². The molecule has 2 unspecified atom stereocenters. The molecule has 1 aromatic carbocycles. The number of piperazine rings is 1. The standard InChI is InChI=1S/C25H35ClN4O2S/c1-28-12-14-29(15-13-28)11-5-10-27-24(31)18-30-21-8-2-3-9-22(21)33-23(25(30)32)17-19-6-4-7-20(26)16-19/h4,6-7,16-17,21-22H,2-3,5,8-15,18H2,1H3,(H,27,31)/b23-17+. The van der Waals surface area contributed by atoms with Crippen molar-refractivity contribution in [2.45, 2.75) is 43.4 Å². The van der Waals surface area contributed by atoms with Gasteiger partial charge in [0.1, 0.15) is 6.54 Å². The molecule has 1 aromatic rings. The van der Waals surface area contributed by atoms with Crippen molar-refractivity contribution in [3.63, 3.8) is 0 Å². The number of fused-ring (bicyclic) bond motifs is 1. The van der Waals surface area contributed by atoms with Gasteiger partial charge in [-0.25, -0.2) is 0 Å². The Morgan fingerprint density at radius 1 is 1.21 bits per heavy atom. The van der Waals surface area contributed by atoms with Crippen LogP contribution in [0.5, 0.6) is 0 Å². The summed E-state index contributed by atoms with van der Waals surface area (Å²) < 4.78 is 0. The molecule has 1 aliphatic carbocycles. The molecule has 0 radical (unpaired) electrons. The van der Waals surface area contributed by atoms with Gasteiger partial charge in [0, 0.05) is 49.0 Å². The number of hydrogen-bond donors (Lipinski definition) is 1. The van der Waals surface area contributed by atoms with Gasteiger partial charge in [0.25, 0.3) is 5.91 Å². The molecular formula is C25H35ClN4O2S. The minimum absolute atomic E-state index is 0.0317. The van der Waals surface area contributed by atoms with Crippen LogP contribution in [0.2, 0.25) is 5.02 Å². The molecule has 3 fully saturated rings. The summed E-state index contributed by atoms with van der Waals surface area (Å²) in [7, 11) is 2.16. The number of carbonyl (C=O) groups excluding carboxylic acids is 2. The van der Waals surface area contributed by atoms with E-state index in [2.05, 4.69) is 22.2 Å². The minimum Gasteiger partial charge on any atom is -0.355 e. The fraction of sp³-hybridized carbons (Fsp3) is 0.600. The number of nitrogens with one attached hydrogen (secondary N) is 1. The van der Waals surface area contributed by atoms with Crippen LogP contribution in [0.15, 0.2) is 29.2 Å². The van der Waals surface area contributed by atoms with Crippen molar-refractivity contribution >= 4 is 41.3 Å². The van der Waals surface area contributed by atoms with Crippen LogP contribution in [0.1, 0.15) is 37.7 Å². The zero-order valence-electron chi connectivity index (χ0n) is 19.5. The minimum atomic E-state index is -0.0555. The second-order valence-corrected chi connectivity index (χ2v) is 11.1. The third kappa shape index (κ3) is 6.75. The zero-order valence-corrected chi connectivity index (χ0v) is 21.0. The summed E-state index contributed by atoms with van der Waals surface area (Å²) in [6.07, 6.45) is 7.21. The van der Waals surface area contributed by atoms with E-state index in [4.69, 9.17) is 11.6 Å². The monoisotopic (exact) mass is 490 g/mol. The SMILES string of the molecule is CN1CCN(CCCNC(=O)CN2C(=O)/C(=C\c3cccc(Cl)c3)SC3CCCCC32)CC1. The summed E-state index contributed by atoms with van der Waals surface area (Å²) in [5.41, 5.74) is 0.918. The van der Waals surface area contributed by atoms with Gasteiger partial charge in [0.2, 0.25) is 5.91 Å². The Morgan fingerprint density at radius 3 is 2.79 bits per heavy atom. The molecule has 1 saturated carbocycles. The van der Waals surface area contributed by atoms with Crippen LogP contribution < -0.4 is 5.32 Å². The molecule has 1 N–H and O–H groups in total. The van der Waals surface area contributed by atoms with Crippen molar-refractivity contribution in [3.8, 4) is 0 Å². The quantitative estimate of drug-likeness (QED) is 0.469. The lowest BCUT2D eigenvalue weighted by Gasteiger charge is -2.43. The fourth-order valence-electron chi connectivity index (χ4n) is 4.92. The predicted octanol–water partition coefficient (Wildman–Crippen LogP) is 3.32. The van der Waals surface area contributed by atoms with Gasteiger partial charge in [-0.1, -0.05) is 36.6 Å². The van der Waals surface area contributed by atoms with Crippen molar-refractivity contribution in [3.05, 3.63) is 39.8 Å². The lowest BCUT2D eigenvalue weighted by Crippen LogP contribution is -2.54. The number of thioether (sulfide) groups is 1. The lowest BCUT2D eigenvalue weighted by atomic mass is 9.93. The summed E-state index contributed by atoms with van der Waals surface area (Å²) in [5.74, 6) is -0.0873. The van der Waals surface area contributed by atoms with Gasteiger partial charge in [0.05, 0.1) is 4.91 Å². The van der Waals surface area contributed by atoms with Gasteiger partial charge in [0.15, 0.2) is 0 Å². The molecule has 0 aromatic heterocycles. The highest BCUT2D eigenvalue weighted by molar-refractivity contribution is 8.04. The van der Waals surface area contributed by atoms with Crippen molar-refractivity contribution in [1.82, 2.24) is 20.0 Å². The highest BCUT2D eigenvalue weighted by atomic mass is 35.5. The van der Waals surface area contributed by atoms with Gasteiger partial charge < -0.3 is 20.0 Å². The third-order valence-electron chi connectivity index (χ3n) is 6.85. The van der Waals surface area contributed by atoms with E-state index >= 15 is 0 Å². The molecule has 2 atom stereocenters. The molecule has 2 saturated heterocycles. The number of benzene rings is 1. The number of nitrogens with zero attached hydrogens (tertiary/aromatic N) is 3. The fourth-order valence-corrected chi connectivity index (χ4v) is 6.59. The van der Waals surface area contributed by atoms with Crippen molar-refractivity contribution in [1.29, 1.82) is 0 Å².